The van der Waals surface area contributed by atoms with E-state index in [9.17, 15) is 0 Å². The van der Waals surface area contributed by atoms with Crippen LogP contribution in [0.15, 0.2) is 0 Å². The van der Waals surface area contributed by atoms with Crippen LogP contribution in [0.4, 0.5) is 0 Å². The lowest BCUT2D eigenvalue weighted by Crippen LogP contribution is -2.42. The summed E-state index contributed by atoms with van der Waals surface area (Å²) in [6.45, 7) is 4.18. The molecule has 66 valence electrons. The van der Waals surface area contributed by atoms with Crippen LogP contribution in [0.3, 0.4) is 0 Å². The zero-order valence-electron chi connectivity index (χ0n) is 7.08. The van der Waals surface area contributed by atoms with Gasteiger partial charge in [0.05, 0.1) is 19.3 Å². The van der Waals surface area contributed by atoms with E-state index in [-0.39, 0.29) is 0 Å². The van der Waals surface area contributed by atoms with Gasteiger partial charge in [0.1, 0.15) is 0 Å². The Morgan fingerprint density at radius 3 is 2.64 bits per heavy atom. The van der Waals surface area contributed by atoms with Gasteiger partial charge in [0, 0.05) is 12.6 Å². The quantitative estimate of drug-likeness (QED) is 0.595. The van der Waals surface area contributed by atoms with Crippen molar-refractivity contribution in [1.29, 1.82) is 0 Å². The summed E-state index contributed by atoms with van der Waals surface area (Å²) in [7, 11) is 0. The minimum absolute atomic E-state index is 0.382. The summed E-state index contributed by atoms with van der Waals surface area (Å²) in [6, 6.07) is 0.382. The van der Waals surface area contributed by atoms with Gasteiger partial charge in [0.2, 0.25) is 0 Å². The van der Waals surface area contributed by atoms with Crippen molar-refractivity contribution in [1.82, 2.24) is 0 Å². The number of nitrogens with two attached hydrogens (primary N) is 1. The number of ether oxygens (including phenoxy) is 2. The standard InChI is InChI=1S/C8H17NO2/c1-2-10-3-4-11-8-5-7(9)6-8/h7-8H,2-6,9H2,1H3/t7-,8+. The third-order valence-electron chi connectivity index (χ3n) is 1.92. The largest absolute Gasteiger partial charge is 0.379 e. The average molecular weight is 159 g/mol. The molecule has 0 atom stereocenters. The maximum absolute atomic E-state index is 5.59. The van der Waals surface area contributed by atoms with Crippen molar-refractivity contribution in [3.8, 4) is 0 Å². The average Bonchev–Trinajstić information content (AvgIpc) is 1.94. The fourth-order valence-corrected chi connectivity index (χ4v) is 1.16. The summed E-state index contributed by atoms with van der Waals surface area (Å²) in [5, 5.41) is 0. The summed E-state index contributed by atoms with van der Waals surface area (Å²) in [4.78, 5) is 0. The van der Waals surface area contributed by atoms with Crippen LogP contribution in [-0.4, -0.2) is 32.0 Å². The first-order valence-electron chi connectivity index (χ1n) is 4.28. The lowest BCUT2D eigenvalue weighted by atomic mass is 9.90. The first-order chi connectivity index (χ1) is 5.33. The Hall–Kier alpha value is -0.120. The van der Waals surface area contributed by atoms with E-state index in [1.165, 1.54) is 0 Å². The van der Waals surface area contributed by atoms with Crippen LogP contribution in [-0.2, 0) is 9.47 Å². The molecule has 0 saturated heterocycles. The molecule has 0 amide bonds. The molecule has 0 heterocycles. The molecule has 11 heavy (non-hydrogen) atoms. The molecule has 3 nitrogen and oxygen atoms in total. The van der Waals surface area contributed by atoms with E-state index in [4.69, 9.17) is 15.2 Å². The molecule has 1 aliphatic carbocycles. The lowest BCUT2D eigenvalue weighted by molar-refractivity contribution is -0.0346. The third-order valence-corrected chi connectivity index (χ3v) is 1.92. The highest BCUT2D eigenvalue weighted by Gasteiger charge is 2.25. The van der Waals surface area contributed by atoms with E-state index in [1.807, 2.05) is 6.92 Å². The summed E-state index contributed by atoms with van der Waals surface area (Å²) >= 11 is 0. The fraction of sp³-hybridized carbons (Fsp3) is 1.00. The van der Waals surface area contributed by atoms with Gasteiger partial charge < -0.3 is 15.2 Å². The molecule has 2 N–H and O–H groups in total. The molecule has 0 aliphatic heterocycles. The maximum atomic E-state index is 5.59. The normalized spacial score (nSPS) is 30.0. The van der Waals surface area contributed by atoms with Crippen molar-refractivity contribution in [2.45, 2.75) is 31.9 Å². The van der Waals surface area contributed by atoms with Gasteiger partial charge >= 0.3 is 0 Å². The van der Waals surface area contributed by atoms with Gasteiger partial charge in [-0.1, -0.05) is 0 Å². The molecule has 1 rings (SSSR count). The van der Waals surface area contributed by atoms with E-state index < -0.39 is 0 Å². The van der Waals surface area contributed by atoms with Crippen molar-refractivity contribution in [2.24, 2.45) is 5.73 Å². The van der Waals surface area contributed by atoms with Gasteiger partial charge in [-0.05, 0) is 19.8 Å². The van der Waals surface area contributed by atoms with Crippen LogP contribution in [0.5, 0.6) is 0 Å². The van der Waals surface area contributed by atoms with Gasteiger partial charge in [0.25, 0.3) is 0 Å². The minimum atomic E-state index is 0.382. The second-order valence-corrected chi connectivity index (χ2v) is 2.92. The van der Waals surface area contributed by atoms with E-state index in [2.05, 4.69) is 0 Å². The van der Waals surface area contributed by atoms with Gasteiger partial charge in [0.15, 0.2) is 0 Å². The lowest BCUT2D eigenvalue weighted by Gasteiger charge is -2.32. The van der Waals surface area contributed by atoms with Gasteiger partial charge in [-0.15, -0.1) is 0 Å². The Morgan fingerprint density at radius 2 is 2.09 bits per heavy atom. The molecule has 0 aromatic heterocycles. The van der Waals surface area contributed by atoms with Crippen molar-refractivity contribution < 1.29 is 9.47 Å². The molecule has 0 aromatic carbocycles. The summed E-state index contributed by atoms with van der Waals surface area (Å²) in [5.74, 6) is 0. The Morgan fingerprint density at radius 1 is 1.36 bits per heavy atom. The SMILES string of the molecule is CCOCCO[C@H]1C[C@@H](N)C1. The second-order valence-electron chi connectivity index (χ2n) is 2.92. The first-order valence-corrected chi connectivity index (χ1v) is 4.28. The van der Waals surface area contributed by atoms with E-state index in [1.54, 1.807) is 0 Å². The molecule has 0 radical (unpaired) electrons. The van der Waals surface area contributed by atoms with Crippen molar-refractivity contribution in [3.05, 3.63) is 0 Å². The van der Waals surface area contributed by atoms with E-state index in [0.29, 0.717) is 25.4 Å². The molecule has 1 saturated carbocycles. The van der Waals surface area contributed by atoms with Crippen LogP contribution in [0.25, 0.3) is 0 Å². The van der Waals surface area contributed by atoms with Gasteiger partial charge in [-0.25, -0.2) is 0 Å². The zero-order valence-corrected chi connectivity index (χ0v) is 7.08. The molecule has 3 heteroatoms. The monoisotopic (exact) mass is 159 g/mol. The summed E-state index contributed by atoms with van der Waals surface area (Å²) in [5.41, 5.74) is 5.59. The summed E-state index contributed by atoms with van der Waals surface area (Å²) < 4.78 is 10.6. The Balaban J connectivity index is 1.81. The van der Waals surface area contributed by atoms with Gasteiger partial charge in [-0.2, -0.15) is 0 Å². The van der Waals surface area contributed by atoms with Crippen molar-refractivity contribution in [2.75, 3.05) is 19.8 Å². The van der Waals surface area contributed by atoms with E-state index >= 15 is 0 Å². The van der Waals surface area contributed by atoms with Crippen molar-refractivity contribution in [3.63, 3.8) is 0 Å². The Bertz CT molecular complexity index is 102. The topological polar surface area (TPSA) is 44.5 Å². The van der Waals surface area contributed by atoms with E-state index in [0.717, 1.165) is 19.4 Å². The highest BCUT2D eigenvalue weighted by atomic mass is 16.5. The van der Waals surface area contributed by atoms with Crippen LogP contribution in [0.2, 0.25) is 0 Å². The summed E-state index contributed by atoms with van der Waals surface area (Å²) in [6.07, 6.45) is 2.45. The van der Waals surface area contributed by atoms with Crippen LogP contribution >= 0.6 is 0 Å². The number of rotatable bonds is 5. The molecule has 0 spiro atoms. The maximum Gasteiger partial charge on any atom is 0.0704 e. The Labute approximate surface area is 67.9 Å². The smallest absolute Gasteiger partial charge is 0.0704 e. The molecule has 1 fully saturated rings. The number of hydrogen-bond acceptors (Lipinski definition) is 3. The molecule has 0 bridgehead atoms. The predicted molar refractivity (Wildman–Crippen MR) is 43.4 cm³/mol. The highest BCUT2D eigenvalue weighted by Crippen LogP contribution is 2.20. The second kappa shape index (κ2) is 4.70. The molecule has 0 aromatic rings. The minimum Gasteiger partial charge on any atom is -0.379 e. The van der Waals surface area contributed by atoms with Crippen LogP contribution in [0.1, 0.15) is 19.8 Å². The van der Waals surface area contributed by atoms with Gasteiger partial charge in [-0.3, -0.25) is 0 Å². The Kier molecular flexibility index (Phi) is 3.83. The first kappa shape index (κ1) is 8.97. The molecule has 1 aliphatic rings. The molecular weight excluding hydrogens is 142 g/mol. The fourth-order valence-electron chi connectivity index (χ4n) is 1.16. The third kappa shape index (κ3) is 3.18. The molecule has 0 unspecified atom stereocenters. The molecular formula is C8H17NO2. The number of hydrogen-bond donors (Lipinski definition) is 1. The zero-order chi connectivity index (χ0) is 8.10. The van der Waals surface area contributed by atoms with Crippen LogP contribution < -0.4 is 5.73 Å². The van der Waals surface area contributed by atoms with Crippen LogP contribution in [0, 0.1) is 0 Å². The predicted octanol–water partition coefficient (Wildman–Crippen LogP) is 0.529. The highest BCUT2D eigenvalue weighted by molar-refractivity contribution is 4.82. The van der Waals surface area contributed by atoms with Crippen molar-refractivity contribution >= 4 is 0 Å².